The summed E-state index contributed by atoms with van der Waals surface area (Å²) >= 11 is 0. The quantitative estimate of drug-likeness (QED) is 0.748. The van der Waals surface area contributed by atoms with Crippen LogP contribution >= 0.6 is 0 Å². The molecule has 4 heteroatoms. The molecule has 0 spiro atoms. The zero-order valence-electron chi connectivity index (χ0n) is 9.32. The van der Waals surface area contributed by atoms with Gasteiger partial charge in [0.05, 0.1) is 6.10 Å². The average Bonchev–Trinajstić information content (AvgIpc) is 2.78. The van der Waals surface area contributed by atoms with E-state index in [1.165, 1.54) is 0 Å². The van der Waals surface area contributed by atoms with Gasteiger partial charge in [-0.3, -0.25) is 9.63 Å². The molecule has 1 aromatic rings. The van der Waals surface area contributed by atoms with Crippen molar-refractivity contribution in [2.75, 3.05) is 13.1 Å². The lowest BCUT2D eigenvalue weighted by Gasteiger charge is -2.10. The zero-order valence-corrected chi connectivity index (χ0v) is 9.32. The summed E-state index contributed by atoms with van der Waals surface area (Å²) < 4.78 is 0. The Morgan fingerprint density at radius 1 is 1.56 bits per heavy atom. The first kappa shape index (κ1) is 11.1. The third kappa shape index (κ3) is 2.81. The number of hydrogen-bond donors (Lipinski definition) is 2. The third-order valence-electron chi connectivity index (χ3n) is 2.61. The largest absolute Gasteiger partial charge is 0.314 e. The summed E-state index contributed by atoms with van der Waals surface area (Å²) in [5, 5.41) is 3.17. The van der Waals surface area contributed by atoms with Crippen LogP contribution in [0.1, 0.15) is 22.3 Å². The highest BCUT2D eigenvalue weighted by Crippen LogP contribution is 2.05. The van der Waals surface area contributed by atoms with Crippen molar-refractivity contribution in [2.24, 2.45) is 0 Å². The highest BCUT2D eigenvalue weighted by Gasteiger charge is 2.16. The molecule has 0 saturated carbocycles. The van der Waals surface area contributed by atoms with Crippen molar-refractivity contribution in [3.05, 3.63) is 35.4 Å². The number of benzene rings is 1. The molecule has 2 rings (SSSR count). The molecule has 1 atom stereocenters. The molecule has 0 aromatic heterocycles. The van der Waals surface area contributed by atoms with Gasteiger partial charge in [0.2, 0.25) is 0 Å². The number of carbonyl (C=O) groups excluding carboxylic acids is 1. The van der Waals surface area contributed by atoms with Gasteiger partial charge in [0.15, 0.2) is 0 Å². The molecule has 0 radical (unpaired) electrons. The van der Waals surface area contributed by atoms with Crippen molar-refractivity contribution >= 4 is 5.91 Å². The molecule has 0 bridgehead atoms. The Bertz CT molecular complexity index is 373. The van der Waals surface area contributed by atoms with Crippen LogP contribution in [0.5, 0.6) is 0 Å². The monoisotopic (exact) mass is 220 g/mol. The lowest BCUT2D eigenvalue weighted by molar-refractivity contribution is -0.00680. The van der Waals surface area contributed by atoms with Crippen molar-refractivity contribution < 1.29 is 9.63 Å². The van der Waals surface area contributed by atoms with E-state index in [0.29, 0.717) is 5.56 Å². The minimum absolute atomic E-state index is 0.0914. The van der Waals surface area contributed by atoms with Crippen LogP contribution < -0.4 is 10.8 Å². The van der Waals surface area contributed by atoms with Crippen LogP contribution in [0.3, 0.4) is 0 Å². The first-order valence-electron chi connectivity index (χ1n) is 5.49. The summed E-state index contributed by atoms with van der Waals surface area (Å²) in [6.45, 7) is 3.71. The fraction of sp³-hybridized carbons (Fsp3) is 0.417. The fourth-order valence-corrected chi connectivity index (χ4v) is 1.71. The number of nitrogens with one attached hydrogen (secondary N) is 2. The van der Waals surface area contributed by atoms with Gasteiger partial charge in [-0.05, 0) is 32.0 Å². The summed E-state index contributed by atoms with van der Waals surface area (Å²) in [6, 6.07) is 7.43. The van der Waals surface area contributed by atoms with Crippen LogP contribution in [-0.2, 0) is 4.84 Å². The standard InChI is InChI=1S/C12H16N2O2/c1-9-3-2-4-10(7-9)12(15)14-16-11-5-6-13-8-11/h2-4,7,11,13H,5-6,8H2,1H3,(H,14,15). The molecule has 2 N–H and O–H groups in total. The Hall–Kier alpha value is -1.39. The molecule has 1 aromatic carbocycles. The number of amides is 1. The highest BCUT2D eigenvalue weighted by molar-refractivity contribution is 5.93. The van der Waals surface area contributed by atoms with Crippen molar-refractivity contribution in [2.45, 2.75) is 19.4 Å². The molecular weight excluding hydrogens is 204 g/mol. The maximum Gasteiger partial charge on any atom is 0.274 e. The second-order valence-electron chi connectivity index (χ2n) is 4.03. The van der Waals surface area contributed by atoms with Crippen LogP contribution in [0.4, 0.5) is 0 Å². The van der Waals surface area contributed by atoms with Gasteiger partial charge in [-0.25, -0.2) is 5.48 Å². The van der Waals surface area contributed by atoms with E-state index >= 15 is 0 Å². The minimum Gasteiger partial charge on any atom is -0.314 e. The van der Waals surface area contributed by atoms with E-state index in [9.17, 15) is 4.79 Å². The van der Waals surface area contributed by atoms with Crippen LogP contribution in [0.25, 0.3) is 0 Å². The van der Waals surface area contributed by atoms with E-state index in [1.807, 2.05) is 25.1 Å². The van der Waals surface area contributed by atoms with Gasteiger partial charge in [0.1, 0.15) is 0 Å². The van der Waals surface area contributed by atoms with Crippen LogP contribution in [0.15, 0.2) is 24.3 Å². The molecule has 0 aliphatic carbocycles. The minimum atomic E-state index is -0.185. The first-order chi connectivity index (χ1) is 7.75. The number of rotatable bonds is 3. The van der Waals surface area contributed by atoms with E-state index in [1.54, 1.807) is 6.07 Å². The maximum atomic E-state index is 11.7. The molecule has 1 aliphatic heterocycles. The molecule has 1 saturated heterocycles. The van der Waals surface area contributed by atoms with E-state index in [4.69, 9.17) is 4.84 Å². The highest BCUT2D eigenvalue weighted by atomic mass is 16.7. The SMILES string of the molecule is Cc1cccc(C(=O)NOC2CCNC2)c1. The number of carbonyl (C=O) groups is 1. The predicted molar refractivity (Wildman–Crippen MR) is 61.0 cm³/mol. The van der Waals surface area contributed by atoms with Crippen molar-refractivity contribution in [3.63, 3.8) is 0 Å². The van der Waals surface area contributed by atoms with E-state index in [-0.39, 0.29) is 12.0 Å². The fourth-order valence-electron chi connectivity index (χ4n) is 1.71. The molecule has 16 heavy (non-hydrogen) atoms. The van der Waals surface area contributed by atoms with Gasteiger partial charge in [0.25, 0.3) is 5.91 Å². The molecule has 1 amide bonds. The number of aryl methyl sites for hydroxylation is 1. The Balaban J connectivity index is 1.87. The topological polar surface area (TPSA) is 50.4 Å². The normalized spacial score (nSPS) is 19.7. The van der Waals surface area contributed by atoms with E-state index < -0.39 is 0 Å². The van der Waals surface area contributed by atoms with E-state index in [2.05, 4.69) is 10.8 Å². The van der Waals surface area contributed by atoms with Gasteiger partial charge in [-0.15, -0.1) is 0 Å². The Morgan fingerprint density at radius 2 is 2.44 bits per heavy atom. The molecule has 4 nitrogen and oxygen atoms in total. The lowest BCUT2D eigenvalue weighted by Crippen LogP contribution is -2.30. The second-order valence-corrected chi connectivity index (χ2v) is 4.03. The lowest BCUT2D eigenvalue weighted by atomic mass is 10.1. The molecule has 1 aliphatic rings. The Morgan fingerprint density at radius 3 is 3.12 bits per heavy atom. The van der Waals surface area contributed by atoms with Crippen molar-refractivity contribution in [3.8, 4) is 0 Å². The van der Waals surface area contributed by atoms with Crippen LogP contribution in [0.2, 0.25) is 0 Å². The predicted octanol–water partition coefficient (Wildman–Crippen LogP) is 1.02. The summed E-state index contributed by atoms with van der Waals surface area (Å²) in [5.74, 6) is -0.185. The van der Waals surface area contributed by atoms with Gasteiger partial charge in [-0.1, -0.05) is 17.7 Å². The van der Waals surface area contributed by atoms with Crippen molar-refractivity contribution in [1.29, 1.82) is 0 Å². The maximum absolute atomic E-state index is 11.7. The molecular formula is C12H16N2O2. The van der Waals surface area contributed by atoms with Crippen molar-refractivity contribution in [1.82, 2.24) is 10.8 Å². The number of hydrogen-bond acceptors (Lipinski definition) is 3. The summed E-state index contributed by atoms with van der Waals surface area (Å²) in [6.07, 6.45) is 1.03. The Kier molecular flexibility index (Phi) is 3.54. The van der Waals surface area contributed by atoms with Crippen LogP contribution in [-0.4, -0.2) is 25.1 Å². The number of hydroxylamine groups is 1. The van der Waals surface area contributed by atoms with Gasteiger partial charge in [-0.2, -0.15) is 0 Å². The van der Waals surface area contributed by atoms with Gasteiger partial charge < -0.3 is 5.32 Å². The first-order valence-corrected chi connectivity index (χ1v) is 5.49. The smallest absolute Gasteiger partial charge is 0.274 e. The molecule has 1 fully saturated rings. The summed E-state index contributed by atoms with van der Waals surface area (Å²) in [7, 11) is 0. The van der Waals surface area contributed by atoms with Gasteiger partial charge >= 0.3 is 0 Å². The third-order valence-corrected chi connectivity index (χ3v) is 2.61. The molecule has 1 heterocycles. The zero-order chi connectivity index (χ0) is 11.4. The molecule has 1 unspecified atom stereocenters. The van der Waals surface area contributed by atoms with Gasteiger partial charge in [0, 0.05) is 12.1 Å². The Labute approximate surface area is 94.9 Å². The van der Waals surface area contributed by atoms with E-state index in [0.717, 1.165) is 25.1 Å². The second kappa shape index (κ2) is 5.09. The summed E-state index contributed by atoms with van der Waals surface area (Å²) in [5.41, 5.74) is 4.18. The molecule has 86 valence electrons. The average molecular weight is 220 g/mol. The summed E-state index contributed by atoms with van der Waals surface area (Å²) in [4.78, 5) is 17.0. The van der Waals surface area contributed by atoms with Crippen LogP contribution in [0, 0.1) is 6.92 Å².